The summed E-state index contributed by atoms with van der Waals surface area (Å²) in [5.74, 6) is -1.60. The average Bonchev–Trinajstić information content (AvgIpc) is 3.06. The van der Waals surface area contributed by atoms with Crippen molar-refractivity contribution in [3.05, 3.63) is 144 Å². The van der Waals surface area contributed by atoms with E-state index in [9.17, 15) is 14.2 Å². The molecule has 0 aliphatic carbocycles. The lowest BCUT2D eigenvalue weighted by Crippen LogP contribution is -2.21. The van der Waals surface area contributed by atoms with Crippen LogP contribution >= 0.6 is 7.60 Å². The molecule has 0 bridgehead atoms. The van der Waals surface area contributed by atoms with Crippen LogP contribution in [-0.2, 0) is 59.1 Å². The normalized spacial score (nSPS) is 11.9. The van der Waals surface area contributed by atoms with Crippen molar-refractivity contribution < 1.29 is 32.7 Å². The second-order valence-electron chi connectivity index (χ2n) is 10.1. The standard InChI is InChI=1S/C35H37O7P/c36-34(39-25-29-13-5-1-6-14-29)22-21-33(35(37)40-26-30-15-7-2-8-16-30)23-24-43(38,41-27-31-17-9-3-10-18-31)42-28-32-19-11-4-12-20-32/h1-20,33H,21-28H2. The average molecular weight is 601 g/mol. The maximum Gasteiger partial charge on any atom is 0.331 e. The van der Waals surface area contributed by atoms with Gasteiger partial charge < -0.3 is 18.5 Å². The van der Waals surface area contributed by atoms with Crippen LogP contribution in [0.1, 0.15) is 41.5 Å². The summed E-state index contributed by atoms with van der Waals surface area (Å²) >= 11 is 0. The second-order valence-corrected chi connectivity index (χ2v) is 12.3. The summed E-state index contributed by atoms with van der Waals surface area (Å²) in [6, 6.07) is 37.6. The van der Waals surface area contributed by atoms with Gasteiger partial charge in [0, 0.05) is 6.42 Å². The minimum Gasteiger partial charge on any atom is -0.461 e. The van der Waals surface area contributed by atoms with E-state index >= 15 is 0 Å². The van der Waals surface area contributed by atoms with Gasteiger partial charge in [0.2, 0.25) is 0 Å². The van der Waals surface area contributed by atoms with Crippen LogP contribution in [0.25, 0.3) is 0 Å². The first-order valence-electron chi connectivity index (χ1n) is 14.4. The number of rotatable bonds is 17. The lowest BCUT2D eigenvalue weighted by Gasteiger charge is -2.22. The van der Waals surface area contributed by atoms with Gasteiger partial charge in [-0.2, -0.15) is 0 Å². The molecule has 0 N–H and O–H groups in total. The first-order valence-corrected chi connectivity index (χ1v) is 16.1. The Morgan fingerprint density at radius 1 is 0.535 bits per heavy atom. The number of carbonyl (C=O) groups excluding carboxylic acids is 2. The zero-order valence-electron chi connectivity index (χ0n) is 24.1. The monoisotopic (exact) mass is 600 g/mol. The van der Waals surface area contributed by atoms with Gasteiger partial charge in [0.1, 0.15) is 13.2 Å². The predicted octanol–water partition coefficient (Wildman–Crippen LogP) is 7.89. The number of carbonyl (C=O) groups is 2. The van der Waals surface area contributed by atoms with Gasteiger partial charge in [0.25, 0.3) is 0 Å². The van der Waals surface area contributed by atoms with Crippen LogP contribution in [0.4, 0.5) is 0 Å². The molecule has 0 amide bonds. The lowest BCUT2D eigenvalue weighted by atomic mass is 10.0. The Morgan fingerprint density at radius 2 is 0.930 bits per heavy atom. The molecule has 4 aromatic rings. The van der Waals surface area contributed by atoms with Crippen molar-refractivity contribution in [2.24, 2.45) is 5.92 Å². The molecule has 0 saturated heterocycles. The van der Waals surface area contributed by atoms with Crippen molar-refractivity contribution in [3.8, 4) is 0 Å². The lowest BCUT2D eigenvalue weighted by molar-refractivity contribution is -0.151. The molecule has 7 nitrogen and oxygen atoms in total. The molecule has 0 aromatic heterocycles. The number of hydrogen-bond acceptors (Lipinski definition) is 7. The summed E-state index contributed by atoms with van der Waals surface area (Å²) in [6.07, 6.45) is 0.327. The summed E-state index contributed by atoms with van der Waals surface area (Å²) in [6.45, 7) is 0.448. The van der Waals surface area contributed by atoms with E-state index in [-0.39, 0.29) is 51.9 Å². The highest BCUT2D eigenvalue weighted by Crippen LogP contribution is 2.51. The first-order chi connectivity index (χ1) is 21.0. The van der Waals surface area contributed by atoms with Gasteiger partial charge in [-0.15, -0.1) is 0 Å². The van der Waals surface area contributed by atoms with Gasteiger partial charge in [-0.1, -0.05) is 121 Å². The molecule has 4 aromatic carbocycles. The van der Waals surface area contributed by atoms with E-state index in [2.05, 4.69) is 0 Å². The van der Waals surface area contributed by atoms with Crippen molar-refractivity contribution in [2.75, 3.05) is 6.16 Å². The maximum atomic E-state index is 14.0. The zero-order valence-corrected chi connectivity index (χ0v) is 25.0. The third-order valence-electron chi connectivity index (χ3n) is 6.79. The fraction of sp³-hybridized carbons (Fsp3) is 0.257. The number of benzene rings is 4. The van der Waals surface area contributed by atoms with E-state index in [4.69, 9.17) is 18.5 Å². The molecular formula is C35H37O7P. The summed E-state index contributed by atoms with van der Waals surface area (Å²) in [7, 11) is -3.64. The van der Waals surface area contributed by atoms with Crippen LogP contribution < -0.4 is 0 Å². The van der Waals surface area contributed by atoms with Gasteiger partial charge in [-0.25, -0.2) is 0 Å². The van der Waals surface area contributed by atoms with Gasteiger partial charge in [-0.05, 0) is 35.1 Å². The molecular weight excluding hydrogens is 563 g/mol. The molecule has 0 fully saturated rings. The molecule has 1 unspecified atom stereocenters. The van der Waals surface area contributed by atoms with Crippen molar-refractivity contribution >= 4 is 19.5 Å². The molecule has 0 aliphatic rings. The van der Waals surface area contributed by atoms with Crippen molar-refractivity contribution in [1.82, 2.24) is 0 Å². The van der Waals surface area contributed by atoms with E-state index in [1.54, 1.807) is 0 Å². The molecule has 0 aliphatic heterocycles. The van der Waals surface area contributed by atoms with Crippen LogP contribution in [0.15, 0.2) is 121 Å². The van der Waals surface area contributed by atoms with Gasteiger partial charge in [0.05, 0.1) is 25.3 Å². The smallest absolute Gasteiger partial charge is 0.331 e. The molecule has 0 radical (unpaired) electrons. The Kier molecular flexibility index (Phi) is 12.7. The second kappa shape index (κ2) is 17.2. The number of hydrogen-bond donors (Lipinski definition) is 0. The van der Waals surface area contributed by atoms with Crippen LogP contribution in [0.2, 0.25) is 0 Å². The van der Waals surface area contributed by atoms with E-state index < -0.39 is 25.5 Å². The molecule has 8 heteroatoms. The first kappa shape index (κ1) is 31.9. The fourth-order valence-electron chi connectivity index (χ4n) is 4.30. The topological polar surface area (TPSA) is 88.1 Å². The Balaban J connectivity index is 1.41. The van der Waals surface area contributed by atoms with Crippen LogP contribution in [0.5, 0.6) is 0 Å². The Labute approximate surface area is 253 Å². The highest BCUT2D eigenvalue weighted by atomic mass is 31.2. The van der Waals surface area contributed by atoms with E-state index in [0.29, 0.717) is 0 Å². The highest BCUT2D eigenvalue weighted by molar-refractivity contribution is 7.53. The molecule has 4 rings (SSSR count). The summed E-state index contributed by atoms with van der Waals surface area (Å²) in [5, 5.41) is 0. The molecule has 224 valence electrons. The Morgan fingerprint density at radius 3 is 1.37 bits per heavy atom. The summed E-state index contributed by atoms with van der Waals surface area (Å²) in [5.41, 5.74) is 3.43. The largest absolute Gasteiger partial charge is 0.461 e. The Hall–Kier alpha value is -4.03. The van der Waals surface area contributed by atoms with Gasteiger partial charge >= 0.3 is 19.5 Å². The molecule has 0 heterocycles. The minimum atomic E-state index is -3.64. The number of esters is 2. The van der Waals surface area contributed by atoms with E-state index in [1.165, 1.54) is 0 Å². The third-order valence-corrected chi connectivity index (χ3v) is 8.64. The SMILES string of the molecule is O=C(CCC(CCP(=O)(OCc1ccccc1)OCc1ccccc1)C(=O)OCc1ccccc1)OCc1ccccc1. The van der Waals surface area contributed by atoms with Gasteiger partial charge in [-0.3, -0.25) is 14.2 Å². The molecule has 0 saturated carbocycles. The fourth-order valence-corrected chi connectivity index (χ4v) is 5.96. The maximum absolute atomic E-state index is 14.0. The predicted molar refractivity (Wildman–Crippen MR) is 165 cm³/mol. The van der Waals surface area contributed by atoms with E-state index in [0.717, 1.165) is 22.3 Å². The summed E-state index contributed by atoms with van der Waals surface area (Å²) < 4.78 is 36.8. The number of ether oxygens (including phenoxy) is 2. The Bertz CT molecular complexity index is 1380. The third kappa shape index (κ3) is 11.6. The quantitative estimate of drug-likeness (QED) is 0.0900. The molecule has 1 atom stereocenters. The molecule has 43 heavy (non-hydrogen) atoms. The minimum absolute atomic E-state index is 0.0119. The molecule has 0 spiro atoms. The zero-order chi connectivity index (χ0) is 30.2. The highest BCUT2D eigenvalue weighted by Gasteiger charge is 2.30. The van der Waals surface area contributed by atoms with Crippen molar-refractivity contribution in [1.29, 1.82) is 0 Å². The van der Waals surface area contributed by atoms with Crippen molar-refractivity contribution in [3.63, 3.8) is 0 Å². The van der Waals surface area contributed by atoms with Crippen molar-refractivity contribution in [2.45, 2.75) is 45.7 Å². The van der Waals surface area contributed by atoms with Crippen LogP contribution in [-0.4, -0.2) is 18.1 Å². The van der Waals surface area contributed by atoms with Crippen LogP contribution in [0.3, 0.4) is 0 Å². The van der Waals surface area contributed by atoms with E-state index in [1.807, 2.05) is 121 Å². The van der Waals surface area contributed by atoms with Gasteiger partial charge in [0.15, 0.2) is 0 Å². The van der Waals surface area contributed by atoms with Crippen LogP contribution in [0, 0.1) is 5.92 Å². The summed E-state index contributed by atoms with van der Waals surface area (Å²) in [4.78, 5) is 25.8.